The highest BCUT2D eigenvalue weighted by Gasteiger charge is 2.08. The van der Waals surface area contributed by atoms with Gasteiger partial charge in [-0.1, -0.05) is 26.3 Å². The molecule has 3 aromatic rings. The van der Waals surface area contributed by atoms with Gasteiger partial charge in [-0.3, -0.25) is 10.1 Å². The average molecular weight is 481 g/mol. The fraction of sp³-hybridized carbons (Fsp3) is 0.333. The third-order valence-corrected chi connectivity index (χ3v) is 5.57. The summed E-state index contributed by atoms with van der Waals surface area (Å²) in [5.41, 5.74) is 2.64. The maximum absolute atomic E-state index is 12.4. The second-order valence-electron chi connectivity index (χ2n) is 7.57. The first-order chi connectivity index (χ1) is 16.6. The molecular formula is C27H32N2O4S. The van der Waals surface area contributed by atoms with E-state index in [0.717, 1.165) is 47.6 Å². The monoisotopic (exact) mass is 480 g/mol. The number of carbonyl (C=O) groups is 1. The Morgan fingerprint density at radius 1 is 0.971 bits per heavy atom. The van der Waals surface area contributed by atoms with E-state index < -0.39 is 0 Å². The summed E-state index contributed by atoms with van der Waals surface area (Å²) in [6, 6.07) is 13.5. The predicted molar refractivity (Wildman–Crippen MR) is 139 cm³/mol. The van der Waals surface area contributed by atoms with E-state index in [1.807, 2.05) is 54.8 Å². The lowest BCUT2D eigenvalue weighted by atomic mass is 10.2. The van der Waals surface area contributed by atoms with Crippen LogP contribution in [-0.4, -0.2) is 30.7 Å². The van der Waals surface area contributed by atoms with Crippen LogP contribution in [0.3, 0.4) is 0 Å². The van der Waals surface area contributed by atoms with Crippen molar-refractivity contribution in [1.82, 2.24) is 4.98 Å². The molecule has 0 aliphatic carbocycles. The third-order valence-electron chi connectivity index (χ3n) is 4.81. The highest BCUT2D eigenvalue weighted by atomic mass is 32.1. The van der Waals surface area contributed by atoms with Gasteiger partial charge in [0, 0.05) is 17.0 Å². The quantitative estimate of drug-likeness (QED) is 0.214. The first-order valence-corrected chi connectivity index (χ1v) is 12.6. The summed E-state index contributed by atoms with van der Waals surface area (Å²) in [7, 11) is 0. The number of anilines is 1. The Morgan fingerprint density at radius 2 is 1.79 bits per heavy atom. The molecule has 1 aromatic heterocycles. The molecule has 2 aromatic carbocycles. The number of ether oxygens (including phenoxy) is 3. The minimum absolute atomic E-state index is 0.245. The Labute approximate surface area is 205 Å². The molecule has 0 radical (unpaired) electrons. The number of amides is 1. The standard InChI is InChI=1S/C27H32N2O4S/c1-4-7-17-33-24-14-8-20(18-25(24)31-6-3)9-15-26(30)29-27-28-23(19-34-27)21-10-12-22(13-11-21)32-16-5-2/h8-15,18-19H,4-7,16-17H2,1-3H3,(H,28,29,30)/b15-9+. The molecule has 0 fully saturated rings. The summed E-state index contributed by atoms with van der Waals surface area (Å²) in [5, 5.41) is 5.30. The molecule has 7 heteroatoms. The van der Waals surface area contributed by atoms with Crippen molar-refractivity contribution >= 4 is 28.5 Å². The number of rotatable bonds is 13. The lowest BCUT2D eigenvalue weighted by molar-refractivity contribution is -0.111. The maximum atomic E-state index is 12.4. The van der Waals surface area contributed by atoms with Gasteiger partial charge in [-0.15, -0.1) is 11.3 Å². The Bertz CT molecular complexity index is 1080. The molecule has 6 nitrogen and oxygen atoms in total. The predicted octanol–water partition coefficient (Wildman–Crippen LogP) is 6.83. The highest BCUT2D eigenvalue weighted by molar-refractivity contribution is 7.14. The largest absolute Gasteiger partial charge is 0.494 e. The Balaban J connectivity index is 1.59. The Morgan fingerprint density at radius 3 is 2.53 bits per heavy atom. The second-order valence-corrected chi connectivity index (χ2v) is 8.43. The molecule has 1 N–H and O–H groups in total. The van der Waals surface area contributed by atoms with E-state index >= 15 is 0 Å². The number of carbonyl (C=O) groups excluding carboxylic acids is 1. The molecule has 0 aliphatic rings. The molecule has 1 heterocycles. The number of benzene rings is 2. The number of thiazole rings is 1. The minimum Gasteiger partial charge on any atom is -0.494 e. The van der Waals surface area contributed by atoms with Crippen molar-refractivity contribution in [2.45, 2.75) is 40.0 Å². The number of hydrogen-bond acceptors (Lipinski definition) is 6. The molecule has 34 heavy (non-hydrogen) atoms. The molecular weight excluding hydrogens is 448 g/mol. The van der Waals surface area contributed by atoms with Crippen molar-refractivity contribution in [3.8, 4) is 28.5 Å². The van der Waals surface area contributed by atoms with Gasteiger partial charge in [0.2, 0.25) is 5.91 Å². The number of nitrogens with one attached hydrogen (secondary N) is 1. The second kappa shape index (κ2) is 13.4. The van der Waals surface area contributed by atoms with E-state index in [9.17, 15) is 4.79 Å². The smallest absolute Gasteiger partial charge is 0.250 e. The van der Waals surface area contributed by atoms with Gasteiger partial charge in [0.1, 0.15) is 5.75 Å². The summed E-state index contributed by atoms with van der Waals surface area (Å²) in [6.07, 6.45) is 6.27. The first kappa shape index (κ1) is 25.3. The van der Waals surface area contributed by atoms with Crippen molar-refractivity contribution in [1.29, 1.82) is 0 Å². The summed E-state index contributed by atoms with van der Waals surface area (Å²) >= 11 is 1.39. The molecule has 0 unspecified atom stereocenters. The Hall–Kier alpha value is -3.32. The van der Waals surface area contributed by atoms with Gasteiger partial charge in [-0.25, -0.2) is 4.98 Å². The Kier molecular flexibility index (Phi) is 9.98. The zero-order valence-electron chi connectivity index (χ0n) is 20.0. The van der Waals surface area contributed by atoms with Crippen molar-refractivity contribution in [2.75, 3.05) is 25.1 Å². The van der Waals surface area contributed by atoms with Crippen LogP contribution in [0.2, 0.25) is 0 Å². The van der Waals surface area contributed by atoms with Crippen LogP contribution in [0.5, 0.6) is 17.2 Å². The van der Waals surface area contributed by atoms with E-state index in [1.54, 1.807) is 6.08 Å². The van der Waals surface area contributed by atoms with Crippen LogP contribution in [0.15, 0.2) is 53.9 Å². The number of nitrogens with zero attached hydrogens (tertiary/aromatic N) is 1. The molecule has 3 rings (SSSR count). The topological polar surface area (TPSA) is 69.7 Å². The van der Waals surface area contributed by atoms with Crippen LogP contribution in [0, 0.1) is 0 Å². The van der Waals surface area contributed by atoms with Gasteiger partial charge >= 0.3 is 0 Å². The van der Waals surface area contributed by atoms with E-state index in [4.69, 9.17) is 14.2 Å². The van der Waals surface area contributed by atoms with Gasteiger partial charge in [0.25, 0.3) is 0 Å². The summed E-state index contributed by atoms with van der Waals surface area (Å²) in [5.74, 6) is 1.99. The van der Waals surface area contributed by atoms with Crippen molar-refractivity contribution < 1.29 is 19.0 Å². The van der Waals surface area contributed by atoms with Gasteiger partial charge in [0.05, 0.1) is 25.5 Å². The molecule has 0 atom stereocenters. The molecule has 180 valence electrons. The summed E-state index contributed by atoms with van der Waals surface area (Å²) in [6.45, 7) is 8.03. The molecule has 0 saturated carbocycles. The fourth-order valence-corrected chi connectivity index (χ4v) is 3.79. The SMILES string of the molecule is CCCCOc1ccc(/C=C/C(=O)Nc2nc(-c3ccc(OCCC)cc3)cs2)cc1OCC. The number of hydrogen-bond donors (Lipinski definition) is 1. The normalized spacial score (nSPS) is 10.9. The van der Waals surface area contributed by atoms with Crippen LogP contribution in [0.1, 0.15) is 45.6 Å². The lowest BCUT2D eigenvalue weighted by Crippen LogP contribution is -2.07. The molecule has 0 aliphatic heterocycles. The van der Waals surface area contributed by atoms with Crippen LogP contribution in [0.25, 0.3) is 17.3 Å². The van der Waals surface area contributed by atoms with Crippen LogP contribution >= 0.6 is 11.3 Å². The fourth-order valence-electron chi connectivity index (χ4n) is 3.07. The highest BCUT2D eigenvalue weighted by Crippen LogP contribution is 2.30. The molecule has 0 spiro atoms. The van der Waals surface area contributed by atoms with E-state index in [2.05, 4.69) is 24.1 Å². The van der Waals surface area contributed by atoms with Gasteiger partial charge in [-0.05, 0) is 67.8 Å². The zero-order valence-corrected chi connectivity index (χ0v) is 20.8. The lowest BCUT2D eigenvalue weighted by Gasteiger charge is -2.12. The average Bonchev–Trinajstić information content (AvgIpc) is 3.31. The van der Waals surface area contributed by atoms with Crippen LogP contribution < -0.4 is 19.5 Å². The molecule has 0 bridgehead atoms. The van der Waals surface area contributed by atoms with E-state index in [-0.39, 0.29) is 5.91 Å². The van der Waals surface area contributed by atoms with E-state index in [0.29, 0.717) is 30.7 Å². The van der Waals surface area contributed by atoms with Crippen LogP contribution in [-0.2, 0) is 4.79 Å². The van der Waals surface area contributed by atoms with Gasteiger partial charge < -0.3 is 14.2 Å². The molecule has 0 saturated heterocycles. The summed E-state index contributed by atoms with van der Waals surface area (Å²) in [4.78, 5) is 17.0. The minimum atomic E-state index is -0.245. The van der Waals surface area contributed by atoms with Crippen LogP contribution in [0.4, 0.5) is 5.13 Å². The zero-order chi connectivity index (χ0) is 24.2. The molecule has 1 amide bonds. The third kappa shape index (κ3) is 7.63. The van der Waals surface area contributed by atoms with Crippen molar-refractivity contribution in [3.63, 3.8) is 0 Å². The first-order valence-electron chi connectivity index (χ1n) is 11.7. The van der Waals surface area contributed by atoms with Gasteiger partial charge in [0.15, 0.2) is 16.6 Å². The maximum Gasteiger partial charge on any atom is 0.250 e. The van der Waals surface area contributed by atoms with Crippen molar-refractivity contribution in [3.05, 3.63) is 59.5 Å². The summed E-state index contributed by atoms with van der Waals surface area (Å²) < 4.78 is 17.1. The number of aromatic nitrogens is 1. The van der Waals surface area contributed by atoms with Crippen molar-refractivity contribution in [2.24, 2.45) is 0 Å². The van der Waals surface area contributed by atoms with E-state index in [1.165, 1.54) is 17.4 Å². The number of unbranched alkanes of at least 4 members (excludes halogenated alkanes) is 1. The van der Waals surface area contributed by atoms with Gasteiger partial charge in [-0.2, -0.15) is 0 Å².